The lowest BCUT2D eigenvalue weighted by atomic mass is 10.0. The maximum absolute atomic E-state index is 13.7. The Kier molecular flexibility index (Phi) is 10.7. The molecule has 0 unspecified atom stereocenters. The third-order valence-corrected chi connectivity index (χ3v) is 6.97. The van der Waals surface area contributed by atoms with E-state index in [1.165, 1.54) is 0 Å². The zero-order valence-corrected chi connectivity index (χ0v) is 22.8. The van der Waals surface area contributed by atoms with Crippen molar-refractivity contribution in [3.63, 3.8) is 0 Å². The predicted octanol–water partition coefficient (Wildman–Crippen LogP) is 6.99. The zero-order valence-electron chi connectivity index (χ0n) is 20.5. The summed E-state index contributed by atoms with van der Waals surface area (Å²) in [5.41, 5.74) is 2.66. The lowest BCUT2D eigenvalue weighted by molar-refractivity contribution is -0.141. The SMILES string of the molecule is CC(C)CNC(=O)[C@H](Cc1ccccc1)N(Cc1ccc(Cl)c(Cl)c1)C(=O)CCc1ccccc1Cl. The summed E-state index contributed by atoms with van der Waals surface area (Å²) in [6.45, 7) is 4.83. The Morgan fingerprint density at radius 1 is 0.833 bits per heavy atom. The molecule has 0 fully saturated rings. The molecule has 0 aliphatic heterocycles. The first-order valence-corrected chi connectivity index (χ1v) is 13.2. The minimum Gasteiger partial charge on any atom is -0.354 e. The molecule has 0 aromatic heterocycles. The van der Waals surface area contributed by atoms with Crippen LogP contribution in [0.4, 0.5) is 0 Å². The predicted molar refractivity (Wildman–Crippen MR) is 149 cm³/mol. The summed E-state index contributed by atoms with van der Waals surface area (Å²) in [6.07, 6.45) is 1.08. The van der Waals surface area contributed by atoms with Crippen molar-refractivity contribution in [1.29, 1.82) is 0 Å². The molecule has 0 radical (unpaired) electrons. The number of carbonyl (C=O) groups excluding carboxylic acids is 2. The van der Waals surface area contributed by atoms with E-state index in [9.17, 15) is 9.59 Å². The van der Waals surface area contributed by atoms with Crippen LogP contribution >= 0.6 is 34.8 Å². The molecular formula is C29H31Cl3N2O2. The van der Waals surface area contributed by atoms with Crippen LogP contribution in [0, 0.1) is 5.92 Å². The standard InChI is InChI=1S/C29H31Cl3N2O2/c1-20(2)18-33-29(36)27(17-21-8-4-3-5-9-21)34(19-22-12-14-25(31)26(32)16-22)28(35)15-13-23-10-6-7-11-24(23)30/h3-12,14,16,20,27H,13,15,17-19H2,1-2H3,(H,33,36)/t27-/m0/s1. The molecular weight excluding hydrogens is 515 g/mol. The molecule has 0 spiro atoms. The van der Waals surface area contributed by atoms with Crippen molar-refractivity contribution in [2.45, 2.75) is 45.7 Å². The van der Waals surface area contributed by atoms with Crippen molar-refractivity contribution in [1.82, 2.24) is 10.2 Å². The molecule has 1 atom stereocenters. The van der Waals surface area contributed by atoms with Crippen molar-refractivity contribution in [2.75, 3.05) is 6.54 Å². The molecule has 3 rings (SSSR count). The van der Waals surface area contributed by atoms with E-state index >= 15 is 0 Å². The van der Waals surface area contributed by atoms with Gasteiger partial charge in [-0.05, 0) is 47.2 Å². The third kappa shape index (κ3) is 8.26. The molecule has 4 nitrogen and oxygen atoms in total. The summed E-state index contributed by atoms with van der Waals surface area (Å²) in [5, 5.41) is 4.49. The van der Waals surface area contributed by atoms with Gasteiger partial charge >= 0.3 is 0 Å². The van der Waals surface area contributed by atoms with Crippen molar-refractivity contribution >= 4 is 46.6 Å². The second-order valence-corrected chi connectivity index (χ2v) is 10.4. The fourth-order valence-corrected chi connectivity index (χ4v) is 4.45. The molecule has 1 N–H and O–H groups in total. The van der Waals surface area contributed by atoms with Crippen LogP contribution in [0.1, 0.15) is 37.0 Å². The lowest BCUT2D eigenvalue weighted by Gasteiger charge is -2.32. The van der Waals surface area contributed by atoms with Crippen LogP contribution in [-0.4, -0.2) is 29.3 Å². The van der Waals surface area contributed by atoms with E-state index in [1.54, 1.807) is 17.0 Å². The normalized spacial score (nSPS) is 11.8. The highest BCUT2D eigenvalue weighted by atomic mass is 35.5. The van der Waals surface area contributed by atoms with Gasteiger partial charge in [0.1, 0.15) is 6.04 Å². The molecule has 0 saturated heterocycles. The molecule has 3 aromatic carbocycles. The van der Waals surface area contributed by atoms with Gasteiger partial charge in [0.2, 0.25) is 11.8 Å². The number of nitrogens with zero attached hydrogens (tertiary/aromatic N) is 1. The molecule has 0 heterocycles. The summed E-state index contributed by atoms with van der Waals surface area (Å²) in [7, 11) is 0. The quantitative estimate of drug-likeness (QED) is 0.282. The van der Waals surface area contributed by atoms with Crippen LogP contribution in [0.3, 0.4) is 0 Å². The highest BCUT2D eigenvalue weighted by molar-refractivity contribution is 6.42. The van der Waals surface area contributed by atoms with Gasteiger partial charge in [-0.2, -0.15) is 0 Å². The Morgan fingerprint density at radius 2 is 1.53 bits per heavy atom. The van der Waals surface area contributed by atoms with Crippen LogP contribution in [0.15, 0.2) is 72.8 Å². The van der Waals surface area contributed by atoms with Crippen molar-refractivity contribution in [3.8, 4) is 0 Å². The second kappa shape index (κ2) is 13.7. The molecule has 190 valence electrons. The molecule has 2 amide bonds. The Hall–Kier alpha value is -2.53. The fraction of sp³-hybridized carbons (Fsp3) is 0.310. The number of hydrogen-bond donors (Lipinski definition) is 1. The van der Waals surface area contributed by atoms with E-state index in [4.69, 9.17) is 34.8 Å². The van der Waals surface area contributed by atoms with Crippen LogP contribution in [-0.2, 0) is 29.0 Å². The summed E-state index contributed by atoms with van der Waals surface area (Å²) in [6, 6.07) is 21.8. The number of aryl methyl sites for hydroxylation is 1. The summed E-state index contributed by atoms with van der Waals surface area (Å²) >= 11 is 18.7. The van der Waals surface area contributed by atoms with E-state index in [2.05, 4.69) is 5.32 Å². The Balaban J connectivity index is 1.93. The smallest absolute Gasteiger partial charge is 0.243 e. The highest BCUT2D eigenvalue weighted by Gasteiger charge is 2.30. The minimum atomic E-state index is -0.695. The number of rotatable bonds is 11. The van der Waals surface area contributed by atoms with Gasteiger partial charge in [-0.3, -0.25) is 9.59 Å². The number of halogens is 3. The highest BCUT2D eigenvalue weighted by Crippen LogP contribution is 2.25. The number of carbonyl (C=O) groups is 2. The molecule has 0 aliphatic carbocycles. The first-order valence-electron chi connectivity index (χ1n) is 12.0. The van der Waals surface area contributed by atoms with Gasteiger partial charge in [0, 0.05) is 31.0 Å². The number of amides is 2. The van der Waals surface area contributed by atoms with Crippen LogP contribution in [0.5, 0.6) is 0 Å². The summed E-state index contributed by atoms with van der Waals surface area (Å²) in [4.78, 5) is 28.8. The summed E-state index contributed by atoms with van der Waals surface area (Å²) < 4.78 is 0. The average Bonchev–Trinajstić information content (AvgIpc) is 2.86. The Bertz CT molecular complexity index is 1170. The Labute approximate surface area is 228 Å². The van der Waals surface area contributed by atoms with Gasteiger partial charge in [0.15, 0.2) is 0 Å². The topological polar surface area (TPSA) is 49.4 Å². The number of hydrogen-bond acceptors (Lipinski definition) is 2. The van der Waals surface area contributed by atoms with Crippen LogP contribution < -0.4 is 5.32 Å². The minimum absolute atomic E-state index is 0.137. The number of nitrogens with one attached hydrogen (secondary N) is 1. The second-order valence-electron chi connectivity index (χ2n) is 9.21. The van der Waals surface area contributed by atoms with Gasteiger partial charge in [0.05, 0.1) is 10.0 Å². The lowest BCUT2D eigenvalue weighted by Crippen LogP contribution is -2.51. The number of benzene rings is 3. The van der Waals surface area contributed by atoms with Crippen molar-refractivity contribution in [2.24, 2.45) is 5.92 Å². The van der Waals surface area contributed by atoms with Crippen molar-refractivity contribution < 1.29 is 9.59 Å². The summed E-state index contributed by atoms with van der Waals surface area (Å²) in [5.74, 6) is -0.0360. The molecule has 0 aliphatic rings. The van der Waals surface area contributed by atoms with Gasteiger partial charge in [-0.25, -0.2) is 0 Å². The molecule has 0 saturated carbocycles. The van der Waals surface area contributed by atoms with Crippen molar-refractivity contribution in [3.05, 3.63) is 105 Å². The van der Waals surface area contributed by atoms with Gasteiger partial charge < -0.3 is 10.2 Å². The average molecular weight is 546 g/mol. The molecule has 3 aromatic rings. The third-order valence-electron chi connectivity index (χ3n) is 5.86. The van der Waals surface area contributed by atoms with E-state index in [1.807, 2.05) is 74.5 Å². The van der Waals surface area contributed by atoms with E-state index in [0.717, 1.165) is 16.7 Å². The first-order chi connectivity index (χ1) is 17.2. The van der Waals surface area contributed by atoms with E-state index < -0.39 is 6.04 Å². The largest absolute Gasteiger partial charge is 0.354 e. The fourth-order valence-electron chi connectivity index (χ4n) is 3.90. The zero-order chi connectivity index (χ0) is 26.1. The maximum atomic E-state index is 13.7. The van der Waals surface area contributed by atoms with E-state index in [0.29, 0.717) is 34.5 Å². The molecule has 36 heavy (non-hydrogen) atoms. The molecule has 7 heteroatoms. The Morgan fingerprint density at radius 3 is 2.19 bits per heavy atom. The molecule has 0 bridgehead atoms. The van der Waals surface area contributed by atoms with Crippen LogP contribution in [0.25, 0.3) is 0 Å². The van der Waals surface area contributed by atoms with Gasteiger partial charge in [-0.15, -0.1) is 0 Å². The van der Waals surface area contributed by atoms with E-state index in [-0.39, 0.29) is 30.7 Å². The van der Waals surface area contributed by atoms with Gasteiger partial charge in [0.25, 0.3) is 0 Å². The van der Waals surface area contributed by atoms with Crippen LogP contribution in [0.2, 0.25) is 15.1 Å². The maximum Gasteiger partial charge on any atom is 0.243 e. The van der Waals surface area contributed by atoms with Gasteiger partial charge in [-0.1, -0.05) is 103 Å². The first kappa shape index (κ1) is 28.0. The monoisotopic (exact) mass is 544 g/mol.